The molecule has 5 heteroatoms. The number of unbranched alkanes of at least 4 members (excludes halogenated alkanes) is 2. The molecule has 0 bridgehead atoms. The highest BCUT2D eigenvalue weighted by Gasteiger charge is 2.08. The summed E-state index contributed by atoms with van der Waals surface area (Å²) >= 11 is 0. The fourth-order valence-corrected chi connectivity index (χ4v) is 2.38. The Labute approximate surface area is 144 Å². The SMILES string of the molecule is CCCCCNc1cc(Nc2ccccc2OC(C)C)nc(C)n1. The highest BCUT2D eigenvalue weighted by Crippen LogP contribution is 2.28. The number of benzene rings is 1. The first-order chi connectivity index (χ1) is 11.6. The number of nitrogens with one attached hydrogen (secondary N) is 2. The molecule has 2 aromatic rings. The molecule has 0 fully saturated rings. The van der Waals surface area contributed by atoms with Gasteiger partial charge in [-0.15, -0.1) is 0 Å². The van der Waals surface area contributed by atoms with Crippen molar-refractivity contribution in [2.75, 3.05) is 17.2 Å². The summed E-state index contributed by atoms with van der Waals surface area (Å²) in [6.45, 7) is 9.07. The Balaban J connectivity index is 2.11. The van der Waals surface area contributed by atoms with Crippen LogP contribution in [-0.2, 0) is 0 Å². The fourth-order valence-electron chi connectivity index (χ4n) is 2.38. The molecule has 1 aromatic carbocycles. The molecule has 1 aromatic heterocycles. The van der Waals surface area contributed by atoms with Crippen molar-refractivity contribution < 1.29 is 4.74 Å². The molecule has 5 nitrogen and oxygen atoms in total. The number of rotatable bonds is 9. The fraction of sp³-hybridized carbons (Fsp3) is 0.474. The summed E-state index contributed by atoms with van der Waals surface area (Å²) in [7, 11) is 0. The first-order valence-corrected chi connectivity index (χ1v) is 8.70. The maximum Gasteiger partial charge on any atom is 0.143 e. The second-order valence-corrected chi connectivity index (χ2v) is 6.11. The van der Waals surface area contributed by atoms with Crippen molar-refractivity contribution in [3.8, 4) is 5.75 Å². The molecule has 0 radical (unpaired) electrons. The summed E-state index contributed by atoms with van der Waals surface area (Å²) in [5, 5.41) is 6.72. The molecule has 24 heavy (non-hydrogen) atoms. The smallest absolute Gasteiger partial charge is 0.143 e. The van der Waals surface area contributed by atoms with E-state index in [1.54, 1.807) is 0 Å². The minimum atomic E-state index is 0.121. The zero-order valence-corrected chi connectivity index (χ0v) is 15.1. The van der Waals surface area contributed by atoms with E-state index in [1.807, 2.05) is 51.1 Å². The largest absolute Gasteiger partial charge is 0.489 e. The van der Waals surface area contributed by atoms with Crippen LogP contribution < -0.4 is 15.4 Å². The Morgan fingerprint density at radius 2 is 1.83 bits per heavy atom. The first kappa shape index (κ1) is 18.0. The van der Waals surface area contributed by atoms with Crippen LogP contribution in [0.5, 0.6) is 5.75 Å². The van der Waals surface area contributed by atoms with E-state index in [0.29, 0.717) is 0 Å². The lowest BCUT2D eigenvalue weighted by molar-refractivity contribution is 0.244. The Bertz CT molecular complexity index is 643. The Kier molecular flexibility index (Phi) is 6.85. The first-order valence-electron chi connectivity index (χ1n) is 8.70. The Morgan fingerprint density at radius 1 is 1.08 bits per heavy atom. The van der Waals surface area contributed by atoms with Gasteiger partial charge >= 0.3 is 0 Å². The maximum atomic E-state index is 5.85. The van der Waals surface area contributed by atoms with Crippen molar-refractivity contribution in [1.29, 1.82) is 0 Å². The zero-order chi connectivity index (χ0) is 17.4. The van der Waals surface area contributed by atoms with Crippen LogP contribution in [0.2, 0.25) is 0 Å². The number of nitrogens with zero attached hydrogens (tertiary/aromatic N) is 2. The van der Waals surface area contributed by atoms with Gasteiger partial charge in [0.05, 0.1) is 11.8 Å². The number of para-hydroxylation sites is 2. The molecule has 0 aliphatic heterocycles. The van der Waals surface area contributed by atoms with Gasteiger partial charge in [0.15, 0.2) is 0 Å². The molecule has 130 valence electrons. The van der Waals surface area contributed by atoms with E-state index in [-0.39, 0.29) is 6.10 Å². The van der Waals surface area contributed by atoms with Crippen LogP contribution in [0.1, 0.15) is 45.9 Å². The van der Waals surface area contributed by atoms with Crippen LogP contribution >= 0.6 is 0 Å². The molecular weight excluding hydrogens is 300 g/mol. The van der Waals surface area contributed by atoms with E-state index in [1.165, 1.54) is 12.8 Å². The van der Waals surface area contributed by atoms with Gasteiger partial charge in [-0.3, -0.25) is 0 Å². The maximum absolute atomic E-state index is 5.85. The van der Waals surface area contributed by atoms with Crippen molar-refractivity contribution in [2.24, 2.45) is 0 Å². The van der Waals surface area contributed by atoms with Crippen LogP contribution in [0, 0.1) is 6.92 Å². The van der Waals surface area contributed by atoms with E-state index in [0.717, 1.165) is 41.9 Å². The highest BCUT2D eigenvalue weighted by molar-refractivity contribution is 5.65. The van der Waals surface area contributed by atoms with Gasteiger partial charge in [-0.2, -0.15) is 0 Å². The molecule has 0 spiro atoms. The van der Waals surface area contributed by atoms with Gasteiger partial charge in [0.2, 0.25) is 0 Å². The number of hydrogen-bond acceptors (Lipinski definition) is 5. The van der Waals surface area contributed by atoms with Crippen LogP contribution in [0.25, 0.3) is 0 Å². The van der Waals surface area contributed by atoms with E-state index >= 15 is 0 Å². The molecule has 0 aliphatic carbocycles. The van der Waals surface area contributed by atoms with E-state index in [9.17, 15) is 0 Å². The van der Waals surface area contributed by atoms with Gasteiger partial charge < -0.3 is 15.4 Å². The minimum Gasteiger partial charge on any atom is -0.489 e. The van der Waals surface area contributed by atoms with E-state index in [4.69, 9.17) is 4.74 Å². The lowest BCUT2D eigenvalue weighted by Gasteiger charge is -2.15. The standard InChI is InChI=1S/C19H28N4O/c1-5-6-9-12-20-18-13-19(22-15(4)21-18)23-16-10-7-8-11-17(16)24-14(2)3/h7-8,10-11,13-14H,5-6,9,12H2,1-4H3,(H2,20,21,22,23). The molecule has 0 amide bonds. The minimum absolute atomic E-state index is 0.121. The molecule has 0 saturated carbocycles. The number of anilines is 3. The molecule has 0 aliphatic rings. The van der Waals surface area contributed by atoms with Crippen molar-refractivity contribution >= 4 is 17.3 Å². The monoisotopic (exact) mass is 328 g/mol. The number of aryl methyl sites for hydroxylation is 1. The van der Waals surface area contributed by atoms with E-state index < -0.39 is 0 Å². The molecule has 2 rings (SSSR count). The topological polar surface area (TPSA) is 59.1 Å². The van der Waals surface area contributed by atoms with E-state index in [2.05, 4.69) is 27.5 Å². The van der Waals surface area contributed by atoms with Gasteiger partial charge in [-0.05, 0) is 39.3 Å². The Morgan fingerprint density at radius 3 is 2.58 bits per heavy atom. The van der Waals surface area contributed by atoms with Crippen molar-refractivity contribution in [1.82, 2.24) is 9.97 Å². The molecule has 1 heterocycles. The predicted molar refractivity (Wildman–Crippen MR) is 100 cm³/mol. The number of aromatic nitrogens is 2. The summed E-state index contributed by atoms with van der Waals surface area (Å²) in [6.07, 6.45) is 3.70. The number of hydrogen-bond donors (Lipinski definition) is 2. The van der Waals surface area contributed by atoms with Gasteiger partial charge in [-0.1, -0.05) is 31.9 Å². The predicted octanol–water partition coefficient (Wildman–Crippen LogP) is 4.92. The van der Waals surface area contributed by atoms with Crippen molar-refractivity contribution in [3.63, 3.8) is 0 Å². The second kappa shape index (κ2) is 9.11. The summed E-state index contributed by atoms with van der Waals surface area (Å²) in [5.41, 5.74) is 0.904. The third-order valence-corrected chi connectivity index (χ3v) is 3.44. The van der Waals surface area contributed by atoms with Crippen LogP contribution in [-0.4, -0.2) is 22.6 Å². The Hall–Kier alpha value is -2.30. The van der Waals surface area contributed by atoms with Gasteiger partial charge in [0.1, 0.15) is 23.2 Å². The average Bonchev–Trinajstić information content (AvgIpc) is 2.52. The normalized spacial score (nSPS) is 10.7. The molecule has 0 atom stereocenters. The summed E-state index contributed by atoms with van der Waals surface area (Å²) < 4.78 is 5.85. The summed E-state index contributed by atoms with van der Waals surface area (Å²) in [4.78, 5) is 8.93. The lowest BCUT2D eigenvalue weighted by Crippen LogP contribution is -2.09. The third kappa shape index (κ3) is 5.72. The second-order valence-electron chi connectivity index (χ2n) is 6.11. The molecule has 2 N–H and O–H groups in total. The molecular formula is C19H28N4O. The van der Waals surface area contributed by atoms with Crippen molar-refractivity contribution in [3.05, 3.63) is 36.2 Å². The van der Waals surface area contributed by atoms with Gasteiger partial charge in [0.25, 0.3) is 0 Å². The quantitative estimate of drug-likeness (QED) is 0.640. The van der Waals surface area contributed by atoms with Gasteiger partial charge in [0, 0.05) is 12.6 Å². The van der Waals surface area contributed by atoms with Crippen LogP contribution in [0.15, 0.2) is 30.3 Å². The highest BCUT2D eigenvalue weighted by atomic mass is 16.5. The zero-order valence-electron chi connectivity index (χ0n) is 15.1. The molecule has 0 saturated heterocycles. The lowest BCUT2D eigenvalue weighted by atomic mass is 10.2. The van der Waals surface area contributed by atoms with Crippen LogP contribution in [0.4, 0.5) is 17.3 Å². The third-order valence-electron chi connectivity index (χ3n) is 3.44. The summed E-state index contributed by atoms with van der Waals surface area (Å²) in [5.74, 6) is 3.17. The van der Waals surface area contributed by atoms with Crippen LogP contribution in [0.3, 0.4) is 0 Å². The number of ether oxygens (including phenoxy) is 1. The summed E-state index contributed by atoms with van der Waals surface area (Å²) in [6, 6.07) is 9.83. The average molecular weight is 328 g/mol. The van der Waals surface area contributed by atoms with Gasteiger partial charge in [-0.25, -0.2) is 9.97 Å². The van der Waals surface area contributed by atoms with Crippen molar-refractivity contribution in [2.45, 2.75) is 53.1 Å². The molecule has 0 unspecified atom stereocenters.